The molecule has 2 N–H and O–H groups in total. The number of aromatic amines is 2. The topological polar surface area (TPSA) is 57.4 Å². The van der Waals surface area contributed by atoms with Gasteiger partial charge in [-0.25, -0.2) is 9.97 Å². The summed E-state index contributed by atoms with van der Waals surface area (Å²) >= 11 is 0. The third-order valence-corrected chi connectivity index (χ3v) is 13.2. The first-order valence-electron chi connectivity index (χ1n) is 20.4. The Labute approximate surface area is 302 Å². The van der Waals surface area contributed by atoms with E-state index in [4.69, 9.17) is 11.2 Å². The summed E-state index contributed by atoms with van der Waals surface area (Å²) in [6, 6.07) is 0. The van der Waals surface area contributed by atoms with Crippen LogP contribution in [0, 0.1) is 0 Å². The van der Waals surface area contributed by atoms with Gasteiger partial charge >= 0.3 is 0 Å². The molecule has 2 aliphatic heterocycles. The first-order chi connectivity index (χ1) is 25.3. The summed E-state index contributed by atoms with van der Waals surface area (Å²) < 4.78 is 36.8. The standard InChI is InChI=1S/C36H45B4N4P4/c45-37-25-29-17-9-1-2-10-18(17)30(41-29)26(38-46)32-21-13-5-6-14-22(21)34(43-32)28(40-48)36-24-16-8-7-15-23(24)35(44-36)27(39-47)33-20-12-4-3-11-19(20)31(25)42-33/h37-39,43-44H,1-16,45-48H2/i37D,38D,39D,48D. The molecule has 4 unspecified atom stereocenters. The summed E-state index contributed by atoms with van der Waals surface area (Å²) in [5.41, 5.74) is 22.0. The highest BCUT2D eigenvalue weighted by Crippen LogP contribution is 2.43. The highest BCUT2D eigenvalue weighted by molar-refractivity contribution is 7.59. The van der Waals surface area contributed by atoms with E-state index in [-0.39, 0.29) is 9.06 Å². The summed E-state index contributed by atoms with van der Waals surface area (Å²) in [5, 5.41) is 0. The first kappa shape index (κ1) is 28.2. The third kappa shape index (κ3) is 4.97. The van der Waals surface area contributed by atoms with E-state index >= 15 is 0 Å². The van der Waals surface area contributed by atoms with E-state index in [9.17, 15) is 4.01 Å². The van der Waals surface area contributed by atoms with Crippen molar-refractivity contribution in [1.29, 1.82) is 5.29 Å². The number of nitrogens with one attached hydrogen (secondary N) is 2. The van der Waals surface area contributed by atoms with Crippen molar-refractivity contribution in [1.82, 2.24) is 19.9 Å². The minimum absolute atomic E-state index is 0.118. The lowest BCUT2D eigenvalue weighted by Crippen LogP contribution is -2.21. The SMILES string of the molecule is [2H]P[B]c1c2[nH]c(c3c2CCCC3)c(B([2H])P)c2nc(c(B([2H])P)c3nc(c(B([2H])P)c4[nH]c1c1c4CCCC1)C1=C3CCCC1)C1=C2CCCC1. The monoisotopic (exact) mass is 705 g/mol. The largest absolute Gasteiger partial charge is 0.356 e. The number of allylic oxidation sites excluding steroid dienone is 4. The van der Waals surface area contributed by atoms with Gasteiger partial charge < -0.3 is 9.97 Å². The molecule has 5 heterocycles. The minimum Gasteiger partial charge on any atom is -0.356 e. The van der Waals surface area contributed by atoms with Crippen molar-refractivity contribution in [3.8, 4) is 0 Å². The summed E-state index contributed by atoms with van der Waals surface area (Å²) in [6.45, 7) is 0.311. The fourth-order valence-corrected chi connectivity index (χ4v) is 11.0. The Morgan fingerprint density at radius 3 is 1.19 bits per heavy atom. The van der Waals surface area contributed by atoms with Crippen molar-refractivity contribution in [3.05, 3.63) is 45.0 Å². The van der Waals surface area contributed by atoms with Crippen molar-refractivity contribution in [3.63, 3.8) is 0 Å². The van der Waals surface area contributed by atoms with Crippen LogP contribution in [0.15, 0.2) is 0 Å². The fraction of sp³-hybridized carbons (Fsp3) is 0.444. The number of aromatic nitrogens is 4. The number of hydrogen-bond acceptors (Lipinski definition) is 2. The molecule has 0 saturated carbocycles. The lowest BCUT2D eigenvalue weighted by Gasteiger charge is -2.18. The molecule has 3 aromatic rings. The molecule has 0 aromatic carbocycles. The third-order valence-electron chi connectivity index (χ3n) is 11.9. The maximum Gasteiger partial charge on any atom is 0.186 e. The van der Waals surface area contributed by atoms with Crippen LogP contribution in [0.1, 0.15) is 122 Å². The normalized spacial score (nSPS) is 20.0. The van der Waals surface area contributed by atoms with Crippen LogP contribution in [0.5, 0.6) is 0 Å². The summed E-state index contributed by atoms with van der Waals surface area (Å²) in [7, 11) is 8.22. The molecule has 9 rings (SSSR count). The lowest BCUT2D eigenvalue weighted by molar-refractivity contribution is 0.696. The van der Waals surface area contributed by atoms with Crippen LogP contribution in [0.2, 0.25) is 0 Å². The maximum atomic E-state index is 9.40. The second-order valence-corrected chi connectivity index (χ2v) is 15.6. The Morgan fingerprint density at radius 1 is 0.500 bits per heavy atom. The van der Waals surface area contributed by atoms with Gasteiger partial charge in [-0.05, 0) is 173 Å². The van der Waals surface area contributed by atoms with Gasteiger partial charge in [0.25, 0.3) is 0 Å². The molecule has 1 radical (unpaired) electrons. The van der Waals surface area contributed by atoms with Crippen LogP contribution in [-0.2, 0) is 25.7 Å². The van der Waals surface area contributed by atoms with Crippen molar-refractivity contribution >= 4 is 131 Å². The molecule has 0 spiro atoms. The van der Waals surface area contributed by atoms with Crippen LogP contribution < -0.4 is 21.9 Å². The predicted molar refractivity (Wildman–Crippen MR) is 229 cm³/mol. The molecule has 0 saturated heterocycles. The average molecular weight is 705 g/mol. The van der Waals surface area contributed by atoms with E-state index < -0.39 is 20.9 Å². The Morgan fingerprint density at radius 2 is 0.833 bits per heavy atom. The van der Waals surface area contributed by atoms with E-state index in [1.165, 1.54) is 44.5 Å². The number of fused-ring (bicyclic) bond motifs is 18. The van der Waals surface area contributed by atoms with Gasteiger partial charge in [0.05, 0.1) is 22.8 Å². The molecule has 3 aromatic heterocycles. The Bertz CT molecular complexity index is 2100. The van der Waals surface area contributed by atoms with E-state index in [0.29, 0.717) is 0 Å². The Kier molecular flexibility index (Phi) is 7.80. The fourth-order valence-electron chi connectivity index (χ4n) is 9.73. The molecular weight excluding hydrogens is 656 g/mol. The molecule has 0 amide bonds. The van der Waals surface area contributed by atoms with Crippen LogP contribution in [0.3, 0.4) is 0 Å². The smallest absolute Gasteiger partial charge is 0.186 e. The van der Waals surface area contributed by atoms with Crippen LogP contribution in [0.25, 0.3) is 44.4 Å². The first-order valence-corrected chi connectivity index (χ1v) is 20.7. The molecule has 6 aliphatic rings. The van der Waals surface area contributed by atoms with E-state index in [1.54, 1.807) is 0 Å². The maximum absolute atomic E-state index is 9.40. The van der Waals surface area contributed by atoms with Crippen molar-refractivity contribution < 1.29 is 0 Å². The summed E-state index contributed by atoms with van der Waals surface area (Å²) in [4.78, 5) is 19.1. The number of aryl methyl sites for hydroxylation is 4. The molecule has 4 atom stereocenters. The predicted octanol–water partition coefficient (Wildman–Crippen LogP) is 4.72. The van der Waals surface area contributed by atoms with Gasteiger partial charge in [0.15, 0.2) is 27.9 Å². The van der Waals surface area contributed by atoms with Gasteiger partial charge in [-0.3, -0.25) is 0 Å². The van der Waals surface area contributed by atoms with E-state index in [1.807, 2.05) is 0 Å². The molecule has 4 nitrogen and oxygen atoms in total. The highest BCUT2D eigenvalue weighted by atomic mass is 31.0. The number of rotatable bonds is 5. The molecule has 0 fully saturated rings. The van der Waals surface area contributed by atoms with Crippen molar-refractivity contribution in [2.75, 3.05) is 0 Å². The van der Waals surface area contributed by atoms with Crippen LogP contribution in [0.4, 0.5) is 0 Å². The van der Waals surface area contributed by atoms with Crippen molar-refractivity contribution in [2.45, 2.75) is 103 Å². The van der Waals surface area contributed by atoms with Crippen molar-refractivity contribution in [2.24, 2.45) is 0 Å². The zero-order chi connectivity index (χ0) is 35.8. The van der Waals surface area contributed by atoms with Gasteiger partial charge in [0, 0.05) is 23.3 Å². The molecule has 8 bridgehead atoms. The Hall–Kier alpha value is -1.42. The Balaban J connectivity index is 1.58. The van der Waals surface area contributed by atoms with Gasteiger partial charge in [-0.2, -0.15) is 36.4 Å². The molecule has 48 heavy (non-hydrogen) atoms. The summed E-state index contributed by atoms with van der Waals surface area (Å²) in [6.07, 6.45) is 16.4. The quantitative estimate of drug-likeness (QED) is 0.299. The second-order valence-electron chi connectivity index (χ2n) is 14.3. The van der Waals surface area contributed by atoms with Gasteiger partial charge in [0.1, 0.15) is 0 Å². The highest BCUT2D eigenvalue weighted by Gasteiger charge is 2.33. The van der Waals surface area contributed by atoms with E-state index in [0.717, 1.165) is 169 Å². The molecule has 4 aliphatic carbocycles. The molecule has 241 valence electrons. The lowest BCUT2D eigenvalue weighted by atomic mass is 9.78. The number of H-pyrrole nitrogens is 2. The van der Waals surface area contributed by atoms with Gasteiger partial charge in [0.2, 0.25) is 0 Å². The summed E-state index contributed by atoms with van der Waals surface area (Å²) in [5.74, 6) is 0. The van der Waals surface area contributed by atoms with Crippen LogP contribution in [-0.4, -0.2) is 53.1 Å². The van der Waals surface area contributed by atoms with Gasteiger partial charge in [-0.15, -0.1) is 0 Å². The zero-order valence-corrected chi connectivity index (χ0v) is 32.2. The average Bonchev–Trinajstić information content (AvgIpc) is 3.90. The van der Waals surface area contributed by atoms with Crippen LogP contribution >= 0.6 is 36.4 Å². The number of hydrogen-bond donors (Lipinski definition) is 2. The second kappa shape index (κ2) is 13.3. The molecular formula is C36H45B4N4P4. The minimum atomic E-state index is -0.618. The number of nitrogens with zero attached hydrogens (tertiary/aromatic N) is 2. The molecule has 12 heteroatoms. The zero-order valence-electron chi connectivity index (χ0n) is 31.7. The van der Waals surface area contributed by atoms with Gasteiger partial charge in [-0.1, -0.05) is 0 Å². The van der Waals surface area contributed by atoms with E-state index in [2.05, 4.69) is 44.3 Å².